The van der Waals surface area contributed by atoms with Gasteiger partial charge in [0.15, 0.2) is 0 Å². The number of carbonyl (C=O) groups is 1. The van der Waals surface area contributed by atoms with E-state index in [9.17, 15) is 4.79 Å². The van der Waals surface area contributed by atoms with Crippen molar-refractivity contribution in [3.63, 3.8) is 0 Å². The van der Waals surface area contributed by atoms with Crippen molar-refractivity contribution >= 4 is 16.9 Å². The minimum absolute atomic E-state index is 0.0238. The molecule has 0 radical (unpaired) electrons. The minimum atomic E-state index is -0.0893. The molecule has 2 atom stereocenters. The van der Waals surface area contributed by atoms with Crippen molar-refractivity contribution in [2.24, 2.45) is 23.2 Å². The van der Waals surface area contributed by atoms with Gasteiger partial charge in [-0.3, -0.25) is 9.78 Å². The maximum absolute atomic E-state index is 12.4. The lowest BCUT2D eigenvalue weighted by Crippen LogP contribution is -2.22. The van der Waals surface area contributed by atoms with E-state index >= 15 is 0 Å². The Kier molecular flexibility index (Phi) is 2.73. The highest BCUT2D eigenvalue weighted by Crippen LogP contribution is 2.79. The maximum atomic E-state index is 12.4. The third-order valence-electron chi connectivity index (χ3n) is 6.06. The zero-order valence-electron chi connectivity index (χ0n) is 12.9. The smallest absolute Gasteiger partial charge is 0.312 e. The summed E-state index contributed by atoms with van der Waals surface area (Å²) in [5.41, 5.74) is 0.820. The predicted octanol–water partition coefficient (Wildman–Crippen LogP) is 3.20. The molecule has 4 bridgehead atoms. The van der Waals surface area contributed by atoms with Gasteiger partial charge in [-0.2, -0.15) is 0 Å². The second-order valence-electron chi connectivity index (χ2n) is 7.11. The Labute approximate surface area is 134 Å². The molecule has 4 aliphatic carbocycles. The lowest BCUT2D eigenvalue weighted by Gasteiger charge is -2.13. The topological polar surface area (TPSA) is 48.4 Å². The fraction of sp³-hybridized carbons (Fsp3) is 0.474. The van der Waals surface area contributed by atoms with E-state index in [2.05, 4.69) is 4.98 Å². The van der Waals surface area contributed by atoms with Crippen LogP contribution in [0.4, 0.5) is 0 Å². The SMILES string of the molecule is O=C(OCCOc1ccnc2ccccc12)C12CC3CC1C2C3. The first-order valence-corrected chi connectivity index (χ1v) is 8.43. The number of pyridine rings is 1. The number of para-hydroxylation sites is 1. The molecule has 1 heterocycles. The van der Waals surface area contributed by atoms with E-state index < -0.39 is 0 Å². The number of benzene rings is 1. The zero-order chi connectivity index (χ0) is 15.4. The number of carbonyl (C=O) groups excluding carboxylic acids is 1. The Hall–Kier alpha value is -2.10. The Morgan fingerprint density at radius 2 is 2.00 bits per heavy atom. The van der Waals surface area contributed by atoms with E-state index in [1.54, 1.807) is 6.20 Å². The lowest BCUT2D eigenvalue weighted by molar-refractivity contribution is -0.151. The maximum Gasteiger partial charge on any atom is 0.312 e. The van der Waals surface area contributed by atoms with Crippen LogP contribution in [0.15, 0.2) is 36.5 Å². The summed E-state index contributed by atoms with van der Waals surface area (Å²) in [6.07, 6.45) is 5.30. The molecular formula is C19H19NO3. The van der Waals surface area contributed by atoms with E-state index in [0.29, 0.717) is 25.0 Å². The van der Waals surface area contributed by atoms with E-state index in [1.165, 1.54) is 12.8 Å². The molecular weight excluding hydrogens is 290 g/mol. The molecule has 4 aliphatic rings. The van der Waals surface area contributed by atoms with Crippen molar-refractivity contribution in [3.8, 4) is 5.75 Å². The molecule has 0 aliphatic heterocycles. The highest BCUT2D eigenvalue weighted by molar-refractivity contribution is 5.84. The molecule has 2 unspecified atom stereocenters. The first-order valence-electron chi connectivity index (χ1n) is 8.43. The average molecular weight is 309 g/mol. The number of hydrogen-bond donors (Lipinski definition) is 0. The number of fused-ring (bicyclic) bond motifs is 1. The molecule has 4 nitrogen and oxygen atoms in total. The highest BCUT2D eigenvalue weighted by atomic mass is 16.6. The van der Waals surface area contributed by atoms with Crippen molar-refractivity contribution in [3.05, 3.63) is 36.5 Å². The van der Waals surface area contributed by atoms with Gasteiger partial charge in [-0.15, -0.1) is 0 Å². The summed E-state index contributed by atoms with van der Waals surface area (Å²) in [6, 6.07) is 9.73. The van der Waals surface area contributed by atoms with Crippen LogP contribution in [0.1, 0.15) is 19.3 Å². The lowest BCUT2D eigenvalue weighted by atomic mass is 10.1. The van der Waals surface area contributed by atoms with E-state index in [-0.39, 0.29) is 11.4 Å². The number of nitrogens with zero attached hydrogens (tertiary/aromatic N) is 1. The minimum Gasteiger partial charge on any atom is -0.489 e. The van der Waals surface area contributed by atoms with Crippen molar-refractivity contribution in [1.29, 1.82) is 0 Å². The third kappa shape index (κ3) is 1.84. The van der Waals surface area contributed by atoms with Gasteiger partial charge in [-0.1, -0.05) is 12.1 Å². The quantitative estimate of drug-likeness (QED) is 0.628. The second kappa shape index (κ2) is 4.70. The number of rotatable bonds is 5. The Bertz CT molecular complexity index is 770. The summed E-state index contributed by atoms with van der Waals surface area (Å²) in [6.45, 7) is 0.704. The van der Waals surface area contributed by atoms with Crippen LogP contribution in [0.3, 0.4) is 0 Å². The summed E-state index contributed by atoms with van der Waals surface area (Å²) in [5.74, 6) is 2.86. The fourth-order valence-electron chi connectivity index (χ4n) is 5.12. The van der Waals surface area contributed by atoms with Gasteiger partial charge in [0.1, 0.15) is 19.0 Å². The molecule has 0 amide bonds. The largest absolute Gasteiger partial charge is 0.489 e. The van der Waals surface area contributed by atoms with E-state index in [0.717, 1.165) is 29.0 Å². The second-order valence-corrected chi connectivity index (χ2v) is 7.11. The van der Waals surface area contributed by atoms with Gasteiger partial charge in [0.25, 0.3) is 0 Å². The van der Waals surface area contributed by atoms with Crippen LogP contribution >= 0.6 is 0 Å². The molecule has 118 valence electrons. The van der Waals surface area contributed by atoms with Gasteiger partial charge >= 0.3 is 5.97 Å². The third-order valence-corrected chi connectivity index (χ3v) is 6.06. The van der Waals surface area contributed by atoms with Crippen molar-refractivity contribution in [2.75, 3.05) is 13.2 Å². The monoisotopic (exact) mass is 309 g/mol. The first kappa shape index (κ1) is 13.3. The summed E-state index contributed by atoms with van der Waals surface area (Å²) in [4.78, 5) is 16.7. The molecule has 1 aromatic heterocycles. The first-order chi connectivity index (χ1) is 11.3. The summed E-state index contributed by atoms with van der Waals surface area (Å²) in [7, 11) is 0. The average Bonchev–Trinajstić information content (AvgIpc) is 3.04. The van der Waals surface area contributed by atoms with Gasteiger partial charge in [-0.25, -0.2) is 0 Å². The molecule has 4 fully saturated rings. The van der Waals surface area contributed by atoms with Crippen molar-refractivity contribution < 1.29 is 14.3 Å². The predicted molar refractivity (Wildman–Crippen MR) is 85.0 cm³/mol. The van der Waals surface area contributed by atoms with Crippen LogP contribution in [-0.2, 0) is 9.53 Å². The Morgan fingerprint density at radius 1 is 1.17 bits per heavy atom. The van der Waals surface area contributed by atoms with Gasteiger partial charge in [0.2, 0.25) is 0 Å². The molecule has 2 aromatic rings. The van der Waals surface area contributed by atoms with E-state index in [1.807, 2.05) is 30.3 Å². The summed E-state index contributed by atoms with van der Waals surface area (Å²) in [5, 5.41) is 0.985. The van der Waals surface area contributed by atoms with Crippen molar-refractivity contribution in [1.82, 2.24) is 4.98 Å². The fourth-order valence-corrected chi connectivity index (χ4v) is 5.12. The van der Waals surface area contributed by atoms with Gasteiger partial charge < -0.3 is 9.47 Å². The highest BCUT2D eigenvalue weighted by Gasteiger charge is 2.78. The molecule has 4 heteroatoms. The zero-order valence-corrected chi connectivity index (χ0v) is 12.9. The molecule has 0 saturated heterocycles. The van der Waals surface area contributed by atoms with Gasteiger partial charge in [0, 0.05) is 11.6 Å². The molecule has 0 spiro atoms. The van der Waals surface area contributed by atoms with Crippen molar-refractivity contribution in [2.45, 2.75) is 19.3 Å². The molecule has 1 aromatic carbocycles. The summed E-state index contributed by atoms with van der Waals surface area (Å²) < 4.78 is 11.3. The Morgan fingerprint density at radius 3 is 2.78 bits per heavy atom. The number of aromatic nitrogens is 1. The molecule has 0 N–H and O–H groups in total. The van der Waals surface area contributed by atoms with Gasteiger partial charge in [-0.05, 0) is 55.2 Å². The van der Waals surface area contributed by atoms with Gasteiger partial charge in [0.05, 0.1) is 10.9 Å². The summed E-state index contributed by atoms with van der Waals surface area (Å²) >= 11 is 0. The van der Waals surface area contributed by atoms with Crippen LogP contribution < -0.4 is 4.74 Å². The molecule has 4 saturated carbocycles. The number of ether oxygens (including phenoxy) is 2. The van der Waals surface area contributed by atoms with Crippen LogP contribution in [0, 0.1) is 23.2 Å². The Balaban J connectivity index is 1.19. The molecule has 23 heavy (non-hydrogen) atoms. The molecule has 6 rings (SSSR count). The van der Waals surface area contributed by atoms with E-state index in [4.69, 9.17) is 9.47 Å². The normalized spacial score (nSPS) is 33.0. The van der Waals surface area contributed by atoms with Crippen LogP contribution in [-0.4, -0.2) is 24.2 Å². The van der Waals surface area contributed by atoms with Crippen LogP contribution in [0.5, 0.6) is 5.75 Å². The standard InChI is InChI=1S/C19H19NO3/c21-18(19-11-12-9-14(19)15(19)10-12)23-8-7-22-17-5-6-20-16-4-2-1-3-13(16)17/h1-6,12,14-15H,7-11H2. The number of esters is 1. The number of hydrogen-bond acceptors (Lipinski definition) is 4. The van der Waals surface area contributed by atoms with Crippen LogP contribution in [0.25, 0.3) is 10.9 Å². The van der Waals surface area contributed by atoms with Crippen LogP contribution in [0.2, 0.25) is 0 Å².